The van der Waals surface area contributed by atoms with Gasteiger partial charge in [-0.15, -0.1) is 0 Å². The highest BCUT2D eigenvalue weighted by Crippen LogP contribution is 2.33. The third-order valence-electron chi connectivity index (χ3n) is 5.63. The Kier molecular flexibility index (Phi) is 4.30. The third kappa shape index (κ3) is 2.94. The second-order valence-corrected chi connectivity index (χ2v) is 7.28. The standard InChI is InChI=1S/C20H24FN2O/c21-17-12-16-19(13-18(17)22-14-6-2-1-3-7-14)23(11-10-20(16)24)15-8-4-5-9-15/h11-15,22H,1-9H2. The van der Waals surface area contributed by atoms with Crippen LogP contribution >= 0.6 is 0 Å². The zero-order valence-corrected chi connectivity index (χ0v) is 14.0. The van der Waals surface area contributed by atoms with E-state index < -0.39 is 0 Å². The van der Waals surface area contributed by atoms with Gasteiger partial charge in [-0.05, 0) is 37.8 Å². The van der Waals surface area contributed by atoms with E-state index in [-0.39, 0.29) is 11.2 Å². The summed E-state index contributed by atoms with van der Waals surface area (Å²) in [5, 5.41) is 3.82. The Hall–Kier alpha value is -1.84. The monoisotopic (exact) mass is 327 g/mol. The van der Waals surface area contributed by atoms with Crippen LogP contribution in [0.25, 0.3) is 10.9 Å². The van der Waals surface area contributed by atoms with Gasteiger partial charge in [0.05, 0.1) is 17.3 Å². The van der Waals surface area contributed by atoms with Crippen LogP contribution in [-0.4, -0.2) is 10.6 Å². The Morgan fingerprint density at radius 3 is 2.50 bits per heavy atom. The molecule has 1 heterocycles. The molecule has 0 bridgehead atoms. The van der Waals surface area contributed by atoms with Crippen molar-refractivity contribution in [1.82, 2.24) is 4.57 Å². The highest BCUT2D eigenvalue weighted by molar-refractivity contribution is 5.83. The van der Waals surface area contributed by atoms with E-state index in [1.54, 1.807) is 6.20 Å². The zero-order valence-electron chi connectivity index (χ0n) is 14.0. The molecule has 2 aromatic rings. The number of nitrogens with zero attached hydrogens (tertiary/aromatic N) is 1. The first kappa shape index (κ1) is 15.7. The summed E-state index contributed by atoms with van der Waals surface area (Å²) < 4.78 is 16.7. The van der Waals surface area contributed by atoms with Crippen molar-refractivity contribution < 1.29 is 4.39 Å². The Bertz CT molecular complexity index is 786. The van der Waals surface area contributed by atoms with Crippen molar-refractivity contribution in [2.45, 2.75) is 69.9 Å². The smallest absolute Gasteiger partial charge is 0.197 e. The summed E-state index contributed by atoms with van der Waals surface area (Å²) in [6.07, 6.45) is 12.3. The van der Waals surface area contributed by atoms with Gasteiger partial charge in [0.15, 0.2) is 5.43 Å². The van der Waals surface area contributed by atoms with Crippen LogP contribution < -0.4 is 10.7 Å². The molecule has 0 aliphatic heterocycles. The van der Waals surface area contributed by atoms with E-state index in [0.717, 1.165) is 31.2 Å². The van der Waals surface area contributed by atoms with Gasteiger partial charge in [-0.1, -0.05) is 32.1 Å². The molecule has 2 aliphatic rings. The van der Waals surface area contributed by atoms with E-state index in [0.29, 0.717) is 23.2 Å². The lowest BCUT2D eigenvalue weighted by Gasteiger charge is -2.25. The summed E-state index contributed by atoms with van der Waals surface area (Å²) in [6, 6.07) is 6.74. The number of anilines is 1. The number of aromatic nitrogens is 1. The molecule has 1 aromatic carbocycles. The van der Waals surface area contributed by atoms with E-state index in [4.69, 9.17) is 0 Å². The first-order valence-corrected chi connectivity index (χ1v) is 9.25. The van der Waals surface area contributed by atoms with Gasteiger partial charge in [-0.2, -0.15) is 0 Å². The number of nitrogens with one attached hydrogen (secondary N) is 1. The normalized spacial score (nSPS) is 19.9. The average molecular weight is 327 g/mol. The summed E-state index contributed by atoms with van der Waals surface area (Å²) in [5.41, 5.74) is 1.15. The van der Waals surface area contributed by atoms with Crippen LogP contribution in [-0.2, 0) is 0 Å². The van der Waals surface area contributed by atoms with Crippen LogP contribution in [0.2, 0.25) is 0 Å². The predicted octanol–water partition coefficient (Wildman–Crippen LogP) is 4.80. The second kappa shape index (κ2) is 6.58. The van der Waals surface area contributed by atoms with Gasteiger partial charge >= 0.3 is 0 Å². The van der Waals surface area contributed by atoms with Gasteiger partial charge in [-0.25, -0.2) is 4.39 Å². The van der Waals surface area contributed by atoms with E-state index >= 15 is 0 Å². The van der Waals surface area contributed by atoms with Crippen LogP contribution in [0.15, 0.2) is 23.1 Å². The number of hydrogen-bond donors (Lipinski definition) is 1. The Balaban J connectivity index is 1.76. The van der Waals surface area contributed by atoms with E-state index in [2.05, 4.69) is 16.0 Å². The summed E-state index contributed by atoms with van der Waals surface area (Å²) >= 11 is 0. The Labute approximate surface area is 141 Å². The van der Waals surface area contributed by atoms with Gasteiger partial charge < -0.3 is 9.88 Å². The number of hydrogen-bond acceptors (Lipinski definition) is 2. The molecule has 0 amide bonds. The number of pyridine rings is 1. The molecule has 1 radical (unpaired) electrons. The van der Waals surface area contributed by atoms with Crippen molar-refractivity contribution in [1.29, 1.82) is 0 Å². The molecule has 0 unspecified atom stereocenters. The molecule has 2 aliphatic carbocycles. The van der Waals surface area contributed by atoms with Gasteiger partial charge in [0.2, 0.25) is 0 Å². The molecule has 127 valence electrons. The lowest BCUT2D eigenvalue weighted by molar-refractivity contribution is 0.460. The average Bonchev–Trinajstić information content (AvgIpc) is 3.12. The molecule has 24 heavy (non-hydrogen) atoms. The van der Waals surface area contributed by atoms with Gasteiger partial charge in [-0.3, -0.25) is 4.79 Å². The van der Waals surface area contributed by atoms with Crippen molar-refractivity contribution in [2.75, 3.05) is 5.32 Å². The maximum Gasteiger partial charge on any atom is 0.197 e. The molecular formula is C20H24FN2O. The largest absolute Gasteiger partial charge is 0.380 e. The maximum absolute atomic E-state index is 14.5. The number of fused-ring (bicyclic) bond motifs is 1. The predicted molar refractivity (Wildman–Crippen MR) is 95.0 cm³/mol. The van der Waals surface area contributed by atoms with Crippen LogP contribution in [0.4, 0.5) is 10.1 Å². The Morgan fingerprint density at radius 2 is 1.75 bits per heavy atom. The molecule has 1 N–H and O–H groups in total. The van der Waals surface area contributed by atoms with Crippen LogP contribution in [0.3, 0.4) is 0 Å². The fourth-order valence-corrected chi connectivity index (χ4v) is 4.29. The molecule has 4 rings (SSSR count). The summed E-state index contributed by atoms with van der Waals surface area (Å²) in [5.74, 6) is -0.331. The molecule has 2 fully saturated rings. The maximum atomic E-state index is 14.5. The van der Waals surface area contributed by atoms with Gasteiger partial charge in [0, 0.05) is 23.7 Å². The molecule has 0 atom stereocenters. The van der Waals surface area contributed by atoms with Gasteiger partial charge in [0.1, 0.15) is 5.82 Å². The third-order valence-corrected chi connectivity index (χ3v) is 5.63. The summed E-state index contributed by atoms with van der Waals surface area (Å²) in [4.78, 5) is 12.1. The van der Waals surface area contributed by atoms with Crippen LogP contribution in [0.5, 0.6) is 0 Å². The topological polar surface area (TPSA) is 34.0 Å². The minimum absolute atomic E-state index is 0.220. The van der Waals surface area contributed by atoms with Crippen LogP contribution in [0.1, 0.15) is 63.8 Å². The molecule has 4 heteroatoms. The fourth-order valence-electron chi connectivity index (χ4n) is 4.29. The van der Waals surface area contributed by atoms with Crippen molar-refractivity contribution in [3.05, 3.63) is 40.4 Å². The quantitative estimate of drug-likeness (QED) is 0.878. The molecule has 1 aromatic heterocycles. The first-order chi connectivity index (χ1) is 11.7. The van der Waals surface area contributed by atoms with E-state index in [1.165, 1.54) is 38.2 Å². The number of benzene rings is 1. The molecular weight excluding hydrogens is 303 g/mol. The lowest BCUT2D eigenvalue weighted by atomic mass is 9.95. The molecule has 3 nitrogen and oxygen atoms in total. The van der Waals surface area contributed by atoms with E-state index in [9.17, 15) is 9.18 Å². The van der Waals surface area contributed by atoms with Crippen molar-refractivity contribution in [3.8, 4) is 0 Å². The van der Waals surface area contributed by atoms with Crippen molar-refractivity contribution in [3.63, 3.8) is 0 Å². The molecule has 0 saturated heterocycles. The van der Waals surface area contributed by atoms with Crippen LogP contribution in [0, 0.1) is 11.9 Å². The first-order valence-electron chi connectivity index (χ1n) is 9.25. The molecule has 0 spiro atoms. The van der Waals surface area contributed by atoms with Gasteiger partial charge in [0.25, 0.3) is 0 Å². The SMILES string of the molecule is O=c1[c]cn(C2CCCC2)c2cc(NC3CCCCC3)c(F)cc12. The minimum atomic E-state index is -0.331. The fraction of sp³-hybridized carbons (Fsp3) is 0.550. The van der Waals surface area contributed by atoms with Crippen molar-refractivity contribution in [2.24, 2.45) is 0 Å². The summed E-state index contributed by atoms with van der Waals surface area (Å²) in [6.45, 7) is 0. The Morgan fingerprint density at radius 1 is 1.04 bits per heavy atom. The number of rotatable bonds is 3. The zero-order chi connectivity index (χ0) is 16.5. The minimum Gasteiger partial charge on any atom is -0.380 e. The van der Waals surface area contributed by atoms with Crippen molar-refractivity contribution >= 4 is 16.6 Å². The highest BCUT2D eigenvalue weighted by atomic mass is 19.1. The molecule has 2 saturated carbocycles. The lowest BCUT2D eigenvalue weighted by Crippen LogP contribution is -2.23. The number of halogens is 1. The summed E-state index contributed by atoms with van der Waals surface area (Å²) in [7, 11) is 0. The highest BCUT2D eigenvalue weighted by Gasteiger charge is 2.20. The second-order valence-electron chi connectivity index (χ2n) is 7.28. The van der Waals surface area contributed by atoms with E-state index in [1.807, 2.05) is 6.07 Å².